The summed E-state index contributed by atoms with van der Waals surface area (Å²) in [6, 6.07) is 0. The van der Waals surface area contributed by atoms with Crippen molar-refractivity contribution in [2.45, 2.75) is 104 Å². The van der Waals surface area contributed by atoms with Gasteiger partial charge >= 0.3 is 5.97 Å². The number of Topliss-reactive ketones (excluding diaryl/α,β-unsaturated/α-hetero) is 1. The van der Waals surface area contributed by atoms with Gasteiger partial charge in [-0.1, -0.05) is 39.3 Å². The number of thiazole rings is 1. The van der Waals surface area contributed by atoms with E-state index in [0.717, 1.165) is 35.5 Å². The minimum absolute atomic E-state index is 0.0181. The van der Waals surface area contributed by atoms with Crippen molar-refractivity contribution >= 4 is 29.2 Å². The normalized spacial score (nSPS) is 33.4. The first-order valence-electron chi connectivity index (χ1n) is 14.0. The standard InChI is InChI=1S/C30H45NO7S/c1-18-8-7-9-22(13-24-15-36-17-37-24)10-11-25(19(2)12-23-16-39-21(4)31-23)38-27(33)14-26(32)30(5,6)29(35)20(3)28(18)34/h10,12,16,18,20,24-26,28,32,34H,7-9,11,13-15,17H2,1-6H3/b19-12+,22-10+/t18-,20+,24?,25-,26-,28-/m0/s1. The van der Waals surface area contributed by atoms with E-state index in [1.807, 2.05) is 32.2 Å². The molecule has 3 heterocycles. The molecule has 8 nitrogen and oxygen atoms in total. The summed E-state index contributed by atoms with van der Waals surface area (Å²) in [4.78, 5) is 30.9. The molecule has 0 amide bonds. The highest BCUT2D eigenvalue weighted by Gasteiger charge is 2.42. The van der Waals surface area contributed by atoms with Crippen LogP contribution in [0.3, 0.4) is 0 Å². The summed E-state index contributed by atoms with van der Waals surface area (Å²) >= 11 is 1.56. The Bertz CT molecular complexity index is 1040. The second-order valence-electron chi connectivity index (χ2n) is 11.7. The Hall–Kier alpha value is -1.91. The molecule has 0 spiro atoms. The Kier molecular flexibility index (Phi) is 11.5. The highest BCUT2D eigenvalue weighted by Crippen LogP contribution is 2.33. The number of hydrogen-bond acceptors (Lipinski definition) is 9. The molecule has 0 saturated carbocycles. The van der Waals surface area contributed by atoms with Crippen LogP contribution in [0.1, 0.15) is 83.8 Å². The average Bonchev–Trinajstić information content (AvgIpc) is 3.55. The first kappa shape index (κ1) is 31.6. The average molecular weight is 564 g/mol. The lowest BCUT2D eigenvalue weighted by Crippen LogP contribution is -2.45. The van der Waals surface area contributed by atoms with E-state index >= 15 is 0 Å². The molecular formula is C30H45NO7S. The van der Waals surface area contributed by atoms with E-state index in [4.69, 9.17) is 14.2 Å². The largest absolute Gasteiger partial charge is 0.457 e. The Labute approximate surface area is 236 Å². The van der Waals surface area contributed by atoms with E-state index in [-0.39, 0.29) is 24.2 Å². The molecule has 9 heteroatoms. The zero-order valence-electron chi connectivity index (χ0n) is 24.1. The predicted molar refractivity (Wildman–Crippen MR) is 151 cm³/mol. The molecule has 1 aromatic rings. The van der Waals surface area contributed by atoms with Crippen LogP contribution in [0.2, 0.25) is 0 Å². The van der Waals surface area contributed by atoms with E-state index in [1.54, 1.807) is 32.1 Å². The maximum Gasteiger partial charge on any atom is 0.309 e. The first-order chi connectivity index (χ1) is 18.4. The van der Waals surface area contributed by atoms with Crippen molar-refractivity contribution in [3.05, 3.63) is 33.3 Å². The Morgan fingerprint density at radius 3 is 2.64 bits per heavy atom. The summed E-state index contributed by atoms with van der Waals surface area (Å²) in [5, 5.41) is 24.8. The number of aliphatic hydroxyl groups is 2. The van der Waals surface area contributed by atoms with Crippen LogP contribution in [0.25, 0.3) is 6.08 Å². The number of rotatable bonds is 4. The smallest absolute Gasteiger partial charge is 0.309 e. The lowest BCUT2D eigenvalue weighted by molar-refractivity contribution is -0.154. The van der Waals surface area contributed by atoms with E-state index in [1.165, 1.54) is 5.57 Å². The molecule has 2 N–H and O–H groups in total. The van der Waals surface area contributed by atoms with Gasteiger partial charge in [-0.25, -0.2) is 4.98 Å². The van der Waals surface area contributed by atoms with Gasteiger partial charge < -0.3 is 24.4 Å². The molecule has 1 unspecified atom stereocenters. The van der Waals surface area contributed by atoms with Crippen LogP contribution < -0.4 is 0 Å². The van der Waals surface area contributed by atoms with Crippen LogP contribution in [-0.2, 0) is 23.8 Å². The summed E-state index contributed by atoms with van der Waals surface area (Å²) in [6.45, 7) is 11.6. The van der Waals surface area contributed by atoms with Crippen molar-refractivity contribution in [1.29, 1.82) is 0 Å². The summed E-state index contributed by atoms with van der Waals surface area (Å²) in [5.41, 5.74) is 1.63. The van der Waals surface area contributed by atoms with Gasteiger partial charge in [0, 0.05) is 17.7 Å². The third-order valence-electron chi connectivity index (χ3n) is 8.09. The number of carbonyl (C=O) groups excluding carboxylic acids is 2. The maximum atomic E-state index is 13.3. The third-order valence-corrected chi connectivity index (χ3v) is 8.88. The molecule has 0 aromatic carbocycles. The minimum Gasteiger partial charge on any atom is -0.457 e. The van der Waals surface area contributed by atoms with Gasteiger partial charge in [-0.15, -0.1) is 11.3 Å². The minimum atomic E-state index is -1.24. The molecule has 2 aliphatic heterocycles. The summed E-state index contributed by atoms with van der Waals surface area (Å²) < 4.78 is 17.0. The van der Waals surface area contributed by atoms with Crippen molar-refractivity contribution < 1.29 is 34.0 Å². The van der Waals surface area contributed by atoms with Crippen molar-refractivity contribution in [1.82, 2.24) is 4.98 Å². The van der Waals surface area contributed by atoms with Crippen LogP contribution in [0.5, 0.6) is 0 Å². The van der Waals surface area contributed by atoms with Crippen molar-refractivity contribution in [2.24, 2.45) is 17.3 Å². The fourth-order valence-electron chi connectivity index (χ4n) is 5.28. The number of hydrogen-bond donors (Lipinski definition) is 2. The van der Waals surface area contributed by atoms with E-state index < -0.39 is 35.6 Å². The molecule has 1 saturated heterocycles. The molecule has 1 aromatic heterocycles. The second-order valence-corrected chi connectivity index (χ2v) is 12.8. The third kappa shape index (κ3) is 8.79. The van der Waals surface area contributed by atoms with Gasteiger partial charge in [-0.2, -0.15) is 0 Å². The van der Waals surface area contributed by atoms with Gasteiger partial charge in [0.1, 0.15) is 18.7 Å². The molecule has 2 aliphatic rings. The van der Waals surface area contributed by atoms with E-state index in [2.05, 4.69) is 11.1 Å². The van der Waals surface area contributed by atoms with Crippen molar-refractivity contribution in [2.75, 3.05) is 13.4 Å². The molecule has 218 valence electrons. The van der Waals surface area contributed by atoms with Gasteiger partial charge in [0.25, 0.3) is 0 Å². The maximum absolute atomic E-state index is 13.3. The Balaban J connectivity index is 1.91. The number of aliphatic hydroxyl groups excluding tert-OH is 2. The van der Waals surface area contributed by atoms with E-state index in [9.17, 15) is 19.8 Å². The highest BCUT2D eigenvalue weighted by atomic mass is 32.1. The lowest BCUT2D eigenvalue weighted by atomic mass is 9.73. The number of ketones is 1. The van der Waals surface area contributed by atoms with Gasteiger partial charge in [0.05, 0.1) is 47.5 Å². The fourth-order valence-corrected chi connectivity index (χ4v) is 5.85. The lowest BCUT2D eigenvalue weighted by Gasteiger charge is -2.34. The molecule has 0 radical (unpaired) electrons. The SMILES string of the molecule is C/C(=C\c1csc(C)n1)[C@@H]1C/C=C(/CC2COCO2)CCC[C@H](C)[C@H](O)[C@@H](C)C(=O)C(C)(C)[C@@H](O)CC(=O)O1. The predicted octanol–water partition coefficient (Wildman–Crippen LogP) is 5.01. The van der Waals surface area contributed by atoms with Crippen LogP contribution >= 0.6 is 11.3 Å². The van der Waals surface area contributed by atoms with Crippen molar-refractivity contribution in [3.63, 3.8) is 0 Å². The second kappa shape index (κ2) is 14.1. The number of nitrogens with zero attached hydrogens (tertiary/aromatic N) is 1. The number of carbonyl (C=O) groups is 2. The van der Waals surface area contributed by atoms with Gasteiger partial charge in [-0.05, 0) is 57.1 Å². The quantitative estimate of drug-likeness (QED) is 0.388. The number of esters is 1. The summed E-state index contributed by atoms with van der Waals surface area (Å²) in [6.07, 6.45) is 4.66. The van der Waals surface area contributed by atoms with Crippen molar-refractivity contribution in [3.8, 4) is 0 Å². The summed E-state index contributed by atoms with van der Waals surface area (Å²) in [5.74, 6) is -1.61. The molecule has 39 heavy (non-hydrogen) atoms. The van der Waals surface area contributed by atoms with Crippen LogP contribution in [0.4, 0.5) is 0 Å². The topological polar surface area (TPSA) is 115 Å². The number of cyclic esters (lactones) is 1. The molecule has 0 bridgehead atoms. The van der Waals surface area contributed by atoms with E-state index in [0.29, 0.717) is 26.2 Å². The Morgan fingerprint density at radius 2 is 2.00 bits per heavy atom. The molecule has 1 fully saturated rings. The number of ether oxygens (including phenoxy) is 3. The summed E-state index contributed by atoms with van der Waals surface area (Å²) in [7, 11) is 0. The number of aryl methyl sites for hydroxylation is 1. The molecular weight excluding hydrogens is 518 g/mol. The van der Waals surface area contributed by atoms with Gasteiger partial charge in [0.15, 0.2) is 0 Å². The van der Waals surface area contributed by atoms with Gasteiger partial charge in [-0.3, -0.25) is 9.59 Å². The monoisotopic (exact) mass is 563 g/mol. The highest BCUT2D eigenvalue weighted by molar-refractivity contribution is 7.09. The zero-order valence-corrected chi connectivity index (χ0v) is 25.0. The van der Waals surface area contributed by atoms with Gasteiger partial charge in [0.2, 0.25) is 0 Å². The fraction of sp³-hybridized carbons (Fsp3) is 0.700. The molecule has 6 atom stereocenters. The Morgan fingerprint density at radius 1 is 1.26 bits per heavy atom. The molecule has 3 rings (SSSR count). The molecule has 0 aliphatic carbocycles. The zero-order chi connectivity index (χ0) is 28.7. The first-order valence-corrected chi connectivity index (χ1v) is 14.8. The van der Waals surface area contributed by atoms with Crippen LogP contribution in [-0.4, -0.2) is 64.8 Å². The van der Waals surface area contributed by atoms with Crippen LogP contribution in [0, 0.1) is 24.2 Å². The number of aromatic nitrogens is 1. The van der Waals surface area contributed by atoms with Crippen LogP contribution in [0.15, 0.2) is 22.6 Å².